The number of piperazine rings is 1. The smallest absolute Gasteiger partial charge is 0.265 e. The molecule has 0 aliphatic carbocycles. The molecule has 2 heterocycles. The minimum atomic E-state index is -0.110. The second kappa shape index (κ2) is 6.88. The number of hydrogen-bond donors (Lipinski definition) is 1. The zero-order chi connectivity index (χ0) is 16.4. The fourth-order valence-electron chi connectivity index (χ4n) is 2.99. The lowest BCUT2D eigenvalue weighted by atomic mass is 10.2. The molecule has 1 unspecified atom stereocenters. The first kappa shape index (κ1) is 16.3. The highest BCUT2D eigenvalue weighted by Crippen LogP contribution is 2.34. The van der Waals surface area contributed by atoms with Gasteiger partial charge in [-0.25, -0.2) is 0 Å². The van der Waals surface area contributed by atoms with E-state index in [9.17, 15) is 9.59 Å². The standard InChI is InChI=1S/C16H20BrN3O3/c1-11-9-18-5-7-19(11)15(21)4-6-20-13-3-2-12(17)8-14(13)23-10-16(20)22/h2-3,8,11,18H,4-7,9-10H2,1H3. The molecule has 2 amide bonds. The van der Waals surface area contributed by atoms with Gasteiger partial charge in [-0.05, 0) is 25.1 Å². The van der Waals surface area contributed by atoms with Crippen LogP contribution in [0.2, 0.25) is 0 Å². The van der Waals surface area contributed by atoms with Gasteiger partial charge in [-0.2, -0.15) is 0 Å². The maximum atomic E-state index is 12.4. The van der Waals surface area contributed by atoms with Crippen LogP contribution in [0.3, 0.4) is 0 Å². The second-order valence-electron chi connectivity index (χ2n) is 5.84. The Morgan fingerprint density at radius 2 is 2.30 bits per heavy atom. The number of rotatable bonds is 3. The van der Waals surface area contributed by atoms with E-state index in [0.717, 1.165) is 29.8 Å². The summed E-state index contributed by atoms with van der Waals surface area (Å²) in [7, 11) is 0. The molecule has 1 fully saturated rings. The minimum Gasteiger partial charge on any atom is -0.482 e. The predicted molar refractivity (Wildman–Crippen MR) is 90.7 cm³/mol. The Balaban J connectivity index is 1.68. The highest BCUT2D eigenvalue weighted by molar-refractivity contribution is 9.10. The number of hydrogen-bond acceptors (Lipinski definition) is 4. The van der Waals surface area contributed by atoms with Gasteiger partial charge in [-0.1, -0.05) is 15.9 Å². The van der Waals surface area contributed by atoms with Crippen molar-refractivity contribution in [3.8, 4) is 5.75 Å². The third-order valence-corrected chi connectivity index (χ3v) is 4.73. The molecule has 1 saturated heterocycles. The van der Waals surface area contributed by atoms with Gasteiger partial charge in [-0.3, -0.25) is 9.59 Å². The Kier molecular flexibility index (Phi) is 4.87. The normalized spacial score (nSPS) is 21.0. The third kappa shape index (κ3) is 3.50. The van der Waals surface area contributed by atoms with Gasteiger partial charge in [0.2, 0.25) is 5.91 Å². The molecule has 0 radical (unpaired) electrons. The van der Waals surface area contributed by atoms with Crippen molar-refractivity contribution in [2.45, 2.75) is 19.4 Å². The van der Waals surface area contributed by atoms with Crippen LogP contribution in [0.4, 0.5) is 5.69 Å². The number of halogens is 1. The van der Waals surface area contributed by atoms with Crippen molar-refractivity contribution in [3.05, 3.63) is 22.7 Å². The van der Waals surface area contributed by atoms with Crippen molar-refractivity contribution in [2.24, 2.45) is 0 Å². The Morgan fingerprint density at radius 1 is 1.48 bits per heavy atom. The Labute approximate surface area is 143 Å². The summed E-state index contributed by atoms with van der Waals surface area (Å²) in [4.78, 5) is 28.1. The van der Waals surface area contributed by atoms with E-state index in [1.54, 1.807) is 4.90 Å². The van der Waals surface area contributed by atoms with Crippen LogP contribution in [0.1, 0.15) is 13.3 Å². The SMILES string of the molecule is CC1CNCCN1C(=O)CCN1C(=O)COc2cc(Br)ccc21. The topological polar surface area (TPSA) is 61.9 Å². The molecule has 2 aliphatic heterocycles. The maximum absolute atomic E-state index is 12.4. The zero-order valence-corrected chi connectivity index (χ0v) is 14.6. The number of ether oxygens (including phenoxy) is 1. The molecule has 3 rings (SSSR count). The van der Waals surface area contributed by atoms with E-state index in [0.29, 0.717) is 18.7 Å². The monoisotopic (exact) mass is 381 g/mol. The van der Waals surface area contributed by atoms with E-state index >= 15 is 0 Å². The molecule has 0 bridgehead atoms. The first-order valence-corrected chi connectivity index (χ1v) is 8.58. The molecular formula is C16H20BrN3O3. The summed E-state index contributed by atoms with van der Waals surface area (Å²) in [5.74, 6) is 0.653. The first-order valence-electron chi connectivity index (χ1n) is 7.79. The van der Waals surface area contributed by atoms with Gasteiger partial charge in [0.1, 0.15) is 5.75 Å². The van der Waals surface area contributed by atoms with Crippen LogP contribution >= 0.6 is 15.9 Å². The molecular weight excluding hydrogens is 362 g/mol. The predicted octanol–water partition coefficient (Wildman–Crippen LogP) is 1.38. The van der Waals surface area contributed by atoms with Crippen molar-refractivity contribution >= 4 is 33.4 Å². The maximum Gasteiger partial charge on any atom is 0.265 e. The number of fused-ring (bicyclic) bond motifs is 1. The third-order valence-electron chi connectivity index (χ3n) is 4.24. The summed E-state index contributed by atoms with van der Waals surface area (Å²) in [6, 6.07) is 5.75. The van der Waals surface area contributed by atoms with Gasteiger partial charge in [0, 0.05) is 43.1 Å². The molecule has 124 valence electrons. The average molecular weight is 382 g/mol. The molecule has 1 aromatic carbocycles. The molecule has 0 aromatic heterocycles. The summed E-state index contributed by atoms with van der Waals surface area (Å²) in [5, 5.41) is 3.27. The molecule has 0 spiro atoms. The van der Waals surface area contributed by atoms with Crippen LogP contribution in [0.25, 0.3) is 0 Å². The lowest BCUT2D eigenvalue weighted by Crippen LogP contribution is -2.53. The van der Waals surface area contributed by atoms with Gasteiger partial charge in [-0.15, -0.1) is 0 Å². The highest BCUT2D eigenvalue weighted by Gasteiger charge is 2.28. The summed E-state index contributed by atoms with van der Waals surface area (Å²) < 4.78 is 6.36. The molecule has 23 heavy (non-hydrogen) atoms. The fraction of sp³-hybridized carbons (Fsp3) is 0.500. The Hall–Kier alpha value is -1.60. The van der Waals surface area contributed by atoms with Gasteiger partial charge < -0.3 is 19.9 Å². The molecule has 1 N–H and O–H groups in total. The number of nitrogens with one attached hydrogen (secondary N) is 1. The molecule has 0 saturated carbocycles. The van der Waals surface area contributed by atoms with Crippen molar-refractivity contribution in [2.75, 3.05) is 37.7 Å². The quantitative estimate of drug-likeness (QED) is 0.858. The van der Waals surface area contributed by atoms with E-state index in [-0.39, 0.29) is 24.5 Å². The first-order chi connectivity index (χ1) is 11.1. The fourth-order valence-corrected chi connectivity index (χ4v) is 3.33. The van der Waals surface area contributed by atoms with Crippen LogP contribution < -0.4 is 15.0 Å². The van der Waals surface area contributed by atoms with Crippen LogP contribution in [0.15, 0.2) is 22.7 Å². The van der Waals surface area contributed by atoms with Crippen LogP contribution in [-0.2, 0) is 9.59 Å². The molecule has 2 aliphatic rings. The molecule has 7 heteroatoms. The summed E-state index contributed by atoms with van der Waals surface area (Å²) >= 11 is 3.40. The molecule has 1 atom stereocenters. The van der Waals surface area contributed by atoms with E-state index < -0.39 is 0 Å². The largest absolute Gasteiger partial charge is 0.482 e. The van der Waals surface area contributed by atoms with E-state index in [4.69, 9.17) is 4.74 Å². The molecule has 6 nitrogen and oxygen atoms in total. The summed E-state index contributed by atoms with van der Waals surface area (Å²) in [6.45, 7) is 4.80. The van der Waals surface area contributed by atoms with Crippen molar-refractivity contribution in [3.63, 3.8) is 0 Å². The Morgan fingerprint density at radius 3 is 3.09 bits per heavy atom. The van der Waals surface area contributed by atoms with E-state index in [1.807, 2.05) is 30.0 Å². The number of anilines is 1. The Bertz CT molecular complexity index is 623. The number of carbonyl (C=O) groups excluding carboxylic acids is 2. The van der Waals surface area contributed by atoms with Gasteiger partial charge in [0.05, 0.1) is 5.69 Å². The lowest BCUT2D eigenvalue weighted by Gasteiger charge is -2.35. The van der Waals surface area contributed by atoms with Crippen molar-refractivity contribution in [1.82, 2.24) is 10.2 Å². The van der Waals surface area contributed by atoms with E-state index in [1.165, 1.54) is 0 Å². The minimum absolute atomic E-state index is 0.0156. The van der Waals surface area contributed by atoms with Crippen molar-refractivity contribution < 1.29 is 14.3 Å². The number of nitrogens with zero attached hydrogens (tertiary/aromatic N) is 2. The highest BCUT2D eigenvalue weighted by atomic mass is 79.9. The van der Waals surface area contributed by atoms with E-state index in [2.05, 4.69) is 21.2 Å². The summed E-state index contributed by atoms with van der Waals surface area (Å²) in [5.41, 5.74) is 0.727. The van der Waals surface area contributed by atoms with Crippen molar-refractivity contribution in [1.29, 1.82) is 0 Å². The summed E-state index contributed by atoms with van der Waals surface area (Å²) in [6.07, 6.45) is 0.325. The van der Waals surface area contributed by atoms with Crippen LogP contribution in [-0.4, -0.2) is 55.5 Å². The number of benzene rings is 1. The lowest BCUT2D eigenvalue weighted by molar-refractivity contribution is -0.133. The number of carbonyl (C=O) groups is 2. The van der Waals surface area contributed by atoms with Gasteiger partial charge in [0.25, 0.3) is 5.91 Å². The van der Waals surface area contributed by atoms with Crippen LogP contribution in [0.5, 0.6) is 5.75 Å². The zero-order valence-electron chi connectivity index (χ0n) is 13.0. The average Bonchev–Trinajstić information content (AvgIpc) is 2.54. The van der Waals surface area contributed by atoms with Crippen LogP contribution in [0, 0.1) is 0 Å². The van der Waals surface area contributed by atoms with Gasteiger partial charge in [0.15, 0.2) is 6.61 Å². The number of amides is 2. The molecule has 1 aromatic rings. The van der Waals surface area contributed by atoms with Gasteiger partial charge >= 0.3 is 0 Å². The second-order valence-corrected chi connectivity index (χ2v) is 6.75.